The second-order valence-electron chi connectivity index (χ2n) is 4.53. The lowest BCUT2D eigenvalue weighted by Gasteiger charge is -2.19. The number of benzene rings is 1. The van der Waals surface area contributed by atoms with Crippen LogP contribution in [0, 0.1) is 13.8 Å². The smallest absolute Gasteiger partial charge is 0.0745 e. The minimum absolute atomic E-state index is 0.00787. The quantitative estimate of drug-likeness (QED) is 0.639. The number of nitrogens with two attached hydrogens (primary N) is 1. The number of hydrogen-bond donors (Lipinski definition) is 2. The summed E-state index contributed by atoms with van der Waals surface area (Å²) in [6.07, 6.45) is 3.91. The lowest BCUT2D eigenvalue weighted by Crippen LogP contribution is -2.29. The zero-order valence-corrected chi connectivity index (χ0v) is 11.1. The number of nitrogens with one attached hydrogen (secondary N) is 1. The molecule has 0 saturated heterocycles. The van der Waals surface area contributed by atoms with E-state index in [9.17, 15) is 0 Å². The van der Waals surface area contributed by atoms with E-state index in [1.165, 1.54) is 16.7 Å². The molecule has 1 atom stereocenters. The first-order valence-corrected chi connectivity index (χ1v) is 6.22. The molecule has 1 unspecified atom stereocenters. The van der Waals surface area contributed by atoms with Crippen LogP contribution in [0.25, 0.3) is 0 Å². The molecule has 0 fully saturated rings. The third-order valence-corrected chi connectivity index (χ3v) is 3.31. The molecule has 4 heteroatoms. The summed E-state index contributed by atoms with van der Waals surface area (Å²) in [6, 6.07) is 6.27. The fourth-order valence-electron chi connectivity index (χ4n) is 2.33. The van der Waals surface area contributed by atoms with Gasteiger partial charge in [-0.2, -0.15) is 5.10 Å². The van der Waals surface area contributed by atoms with Crippen LogP contribution in [0.15, 0.2) is 30.6 Å². The van der Waals surface area contributed by atoms with Gasteiger partial charge in [0.25, 0.3) is 0 Å². The molecule has 0 radical (unpaired) electrons. The van der Waals surface area contributed by atoms with Gasteiger partial charge in [0, 0.05) is 18.3 Å². The summed E-state index contributed by atoms with van der Waals surface area (Å²) < 4.78 is 1.91. The van der Waals surface area contributed by atoms with Crippen molar-refractivity contribution < 1.29 is 0 Å². The summed E-state index contributed by atoms with van der Waals surface area (Å²) in [7, 11) is 0. The highest BCUT2D eigenvalue weighted by Gasteiger charge is 2.18. The van der Waals surface area contributed by atoms with E-state index in [1.807, 2.05) is 17.1 Å². The average molecular weight is 244 g/mol. The Morgan fingerprint density at radius 1 is 1.33 bits per heavy atom. The van der Waals surface area contributed by atoms with Gasteiger partial charge >= 0.3 is 0 Å². The molecule has 18 heavy (non-hydrogen) atoms. The molecule has 0 aliphatic rings. The van der Waals surface area contributed by atoms with Crippen LogP contribution in [0.1, 0.15) is 35.2 Å². The van der Waals surface area contributed by atoms with Crippen molar-refractivity contribution in [1.29, 1.82) is 0 Å². The van der Waals surface area contributed by atoms with Crippen LogP contribution < -0.4 is 11.3 Å². The first-order valence-electron chi connectivity index (χ1n) is 6.22. The molecule has 1 aromatic heterocycles. The number of nitrogens with zero attached hydrogens (tertiary/aromatic N) is 2. The maximum Gasteiger partial charge on any atom is 0.0745 e. The molecule has 3 N–H and O–H groups in total. The van der Waals surface area contributed by atoms with E-state index in [0.29, 0.717) is 0 Å². The molecular formula is C14H20N4. The molecule has 2 rings (SSSR count). The number of aryl methyl sites for hydroxylation is 3. The van der Waals surface area contributed by atoms with Crippen molar-refractivity contribution in [3.05, 3.63) is 52.8 Å². The van der Waals surface area contributed by atoms with Crippen molar-refractivity contribution in [2.45, 2.75) is 33.4 Å². The first-order chi connectivity index (χ1) is 8.67. The standard InChI is InChI=1S/C14H20N4/c1-4-18-9-12(8-16-18)14(17-15)13-10(2)6-5-7-11(13)3/h5-9,14,17H,4,15H2,1-3H3. The maximum atomic E-state index is 5.74. The van der Waals surface area contributed by atoms with Gasteiger partial charge < -0.3 is 0 Å². The van der Waals surface area contributed by atoms with Gasteiger partial charge in [0.1, 0.15) is 0 Å². The molecule has 1 heterocycles. The molecule has 0 amide bonds. The highest BCUT2D eigenvalue weighted by atomic mass is 15.3. The van der Waals surface area contributed by atoms with E-state index < -0.39 is 0 Å². The molecule has 0 bridgehead atoms. The summed E-state index contributed by atoms with van der Waals surface area (Å²) in [5, 5.41) is 4.31. The van der Waals surface area contributed by atoms with Gasteiger partial charge in [-0.15, -0.1) is 0 Å². The number of aromatic nitrogens is 2. The van der Waals surface area contributed by atoms with Crippen molar-refractivity contribution >= 4 is 0 Å². The van der Waals surface area contributed by atoms with E-state index in [0.717, 1.165) is 12.1 Å². The van der Waals surface area contributed by atoms with E-state index in [2.05, 4.69) is 49.5 Å². The lowest BCUT2D eigenvalue weighted by atomic mass is 9.93. The number of hydrogen-bond acceptors (Lipinski definition) is 3. The first kappa shape index (κ1) is 12.8. The van der Waals surface area contributed by atoms with E-state index >= 15 is 0 Å². The Labute approximate surface area is 108 Å². The minimum Gasteiger partial charge on any atom is -0.273 e. The third-order valence-electron chi connectivity index (χ3n) is 3.31. The maximum absolute atomic E-state index is 5.74. The Morgan fingerprint density at radius 2 is 2.00 bits per heavy atom. The van der Waals surface area contributed by atoms with Crippen LogP contribution in [-0.2, 0) is 6.54 Å². The van der Waals surface area contributed by atoms with Gasteiger partial charge in [-0.25, -0.2) is 5.43 Å². The van der Waals surface area contributed by atoms with Crippen molar-refractivity contribution in [3.63, 3.8) is 0 Å². The summed E-state index contributed by atoms with van der Waals surface area (Å²) in [5.74, 6) is 5.74. The van der Waals surface area contributed by atoms with E-state index in [1.54, 1.807) is 0 Å². The predicted octanol–water partition coefficient (Wildman–Crippen LogP) is 2.07. The molecule has 0 saturated carbocycles. The van der Waals surface area contributed by atoms with Gasteiger partial charge in [0.2, 0.25) is 0 Å². The van der Waals surface area contributed by atoms with Gasteiger partial charge in [-0.3, -0.25) is 10.5 Å². The van der Waals surface area contributed by atoms with Gasteiger partial charge in [0.15, 0.2) is 0 Å². The van der Waals surface area contributed by atoms with Gasteiger partial charge in [-0.05, 0) is 37.5 Å². The Hall–Kier alpha value is -1.65. The predicted molar refractivity (Wildman–Crippen MR) is 73.0 cm³/mol. The van der Waals surface area contributed by atoms with Gasteiger partial charge in [0.05, 0.1) is 12.2 Å². The van der Waals surface area contributed by atoms with Crippen LogP contribution >= 0.6 is 0 Å². The Balaban J connectivity index is 2.45. The topological polar surface area (TPSA) is 55.9 Å². The Morgan fingerprint density at radius 3 is 2.50 bits per heavy atom. The summed E-state index contributed by atoms with van der Waals surface area (Å²) in [5.41, 5.74) is 7.70. The SMILES string of the molecule is CCn1cc(C(NN)c2c(C)cccc2C)cn1. The molecule has 4 nitrogen and oxygen atoms in total. The number of rotatable bonds is 4. The van der Waals surface area contributed by atoms with Crippen LogP contribution in [0.5, 0.6) is 0 Å². The van der Waals surface area contributed by atoms with Crippen molar-refractivity contribution in [1.82, 2.24) is 15.2 Å². The highest BCUT2D eigenvalue weighted by molar-refractivity contribution is 5.40. The Bertz CT molecular complexity index is 510. The monoisotopic (exact) mass is 244 g/mol. The van der Waals surface area contributed by atoms with Gasteiger partial charge in [-0.1, -0.05) is 18.2 Å². The van der Waals surface area contributed by atoms with Crippen LogP contribution in [0.4, 0.5) is 0 Å². The van der Waals surface area contributed by atoms with Crippen molar-refractivity contribution in [3.8, 4) is 0 Å². The van der Waals surface area contributed by atoms with Crippen molar-refractivity contribution in [2.75, 3.05) is 0 Å². The molecule has 2 aromatic rings. The van der Waals surface area contributed by atoms with Crippen LogP contribution in [0.3, 0.4) is 0 Å². The zero-order chi connectivity index (χ0) is 13.1. The van der Waals surface area contributed by atoms with Crippen molar-refractivity contribution in [2.24, 2.45) is 5.84 Å². The summed E-state index contributed by atoms with van der Waals surface area (Å²) >= 11 is 0. The third kappa shape index (κ3) is 2.30. The second kappa shape index (κ2) is 5.33. The molecule has 0 aliphatic carbocycles. The highest BCUT2D eigenvalue weighted by Crippen LogP contribution is 2.26. The number of hydrazine groups is 1. The second-order valence-corrected chi connectivity index (χ2v) is 4.53. The molecule has 96 valence electrons. The lowest BCUT2D eigenvalue weighted by molar-refractivity contribution is 0.625. The largest absolute Gasteiger partial charge is 0.273 e. The molecule has 0 spiro atoms. The fourth-order valence-corrected chi connectivity index (χ4v) is 2.33. The summed E-state index contributed by atoms with van der Waals surface area (Å²) in [6.45, 7) is 7.15. The van der Waals surface area contributed by atoms with Crippen LogP contribution in [-0.4, -0.2) is 9.78 Å². The Kier molecular flexibility index (Phi) is 3.79. The van der Waals surface area contributed by atoms with E-state index in [-0.39, 0.29) is 6.04 Å². The molecule has 0 aliphatic heterocycles. The van der Waals surface area contributed by atoms with E-state index in [4.69, 9.17) is 5.84 Å². The molecular weight excluding hydrogens is 224 g/mol. The van der Waals surface area contributed by atoms with Crippen LogP contribution in [0.2, 0.25) is 0 Å². The molecule has 1 aromatic carbocycles. The summed E-state index contributed by atoms with van der Waals surface area (Å²) in [4.78, 5) is 0. The fraction of sp³-hybridized carbons (Fsp3) is 0.357. The average Bonchev–Trinajstić information content (AvgIpc) is 2.82. The normalized spacial score (nSPS) is 12.7. The minimum atomic E-state index is -0.00787. The zero-order valence-electron chi connectivity index (χ0n) is 11.1.